The molecule has 1 aromatic heterocycles. The third-order valence-electron chi connectivity index (χ3n) is 2.85. The van der Waals surface area contributed by atoms with Gasteiger partial charge in [-0.15, -0.1) is 0 Å². The Hall–Kier alpha value is -1.20. The zero-order chi connectivity index (χ0) is 13.7. The highest BCUT2D eigenvalue weighted by molar-refractivity contribution is 9.10. The SMILES string of the molecule is CCCC(O)Cc1nc(Cc2ccccc2Br)no1. The lowest BCUT2D eigenvalue weighted by atomic mass is 10.1. The first-order valence-corrected chi connectivity index (χ1v) is 7.21. The lowest BCUT2D eigenvalue weighted by Crippen LogP contribution is -2.09. The molecule has 1 unspecified atom stereocenters. The molecule has 1 aromatic carbocycles. The summed E-state index contributed by atoms with van der Waals surface area (Å²) in [5.41, 5.74) is 1.11. The number of rotatable bonds is 6. The summed E-state index contributed by atoms with van der Waals surface area (Å²) in [4.78, 5) is 4.31. The third kappa shape index (κ3) is 4.14. The maximum Gasteiger partial charge on any atom is 0.229 e. The molecule has 0 aliphatic carbocycles. The zero-order valence-electron chi connectivity index (χ0n) is 10.8. The van der Waals surface area contributed by atoms with Crippen LogP contribution in [0.15, 0.2) is 33.3 Å². The second kappa shape index (κ2) is 6.82. The number of hydrogen-bond donors (Lipinski definition) is 1. The highest BCUT2D eigenvalue weighted by atomic mass is 79.9. The molecule has 0 bridgehead atoms. The molecule has 0 saturated heterocycles. The van der Waals surface area contributed by atoms with Gasteiger partial charge in [-0.1, -0.05) is 52.6 Å². The van der Waals surface area contributed by atoms with Crippen LogP contribution in [0, 0.1) is 0 Å². The van der Waals surface area contributed by atoms with Gasteiger partial charge in [-0.2, -0.15) is 4.98 Å². The molecule has 19 heavy (non-hydrogen) atoms. The minimum atomic E-state index is -0.401. The summed E-state index contributed by atoms with van der Waals surface area (Å²) in [6.45, 7) is 2.04. The van der Waals surface area contributed by atoms with E-state index in [4.69, 9.17) is 4.52 Å². The first kappa shape index (κ1) is 14.2. The third-order valence-corrected chi connectivity index (χ3v) is 3.62. The molecule has 1 heterocycles. The first-order chi connectivity index (χ1) is 9.19. The Morgan fingerprint density at radius 1 is 1.37 bits per heavy atom. The normalized spacial score (nSPS) is 12.6. The second-order valence-corrected chi connectivity index (χ2v) is 5.37. The molecule has 0 aliphatic rings. The fourth-order valence-corrected chi connectivity index (χ4v) is 2.32. The van der Waals surface area contributed by atoms with Crippen LogP contribution in [0.5, 0.6) is 0 Å². The van der Waals surface area contributed by atoms with Gasteiger partial charge in [-0.3, -0.25) is 0 Å². The first-order valence-electron chi connectivity index (χ1n) is 6.42. The van der Waals surface area contributed by atoms with Crippen LogP contribution >= 0.6 is 15.9 Å². The van der Waals surface area contributed by atoms with Crippen LogP contribution in [0.25, 0.3) is 0 Å². The molecule has 0 radical (unpaired) electrons. The van der Waals surface area contributed by atoms with Gasteiger partial charge in [0.25, 0.3) is 0 Å². The van der Waals surface area contributed by atoms with Gasteiger partial charge >= 0.3 is 0 Å². The van der Waals surface area contributed by atoms with Crippen molar-refractivity contribution in [1.29, 1.82) is 0 Å². The molecule has 5 heteroatoms. The van der Waals surface area contributed by atoms with Gasteiger partial charge in [0.2, 0.25) is 5.89 Å². The second-order valence-electron chi connectivity index (χ2n) is 4.52. The predicted molar refractivity (Wildman–Crippen MR) is 75.9 cm³/mol. The molecular formula is C14H17BrN2O2. The Bertz CT molecular complexity index is 528. The number of halogens is 1. The van der Waals surface area contributed by atoms with E-state index in [2.05, 4.69) is 26.1 Å². The van der Waals surface area contributed by atoms with Crippen molar-refractivity contribution in [3.05, 3.63) is 46.0 Å². The van der Waals surface area contributed by atoms with Crippen molar-refractivity contribution in [1.82, 2.24) is 10.1 Å². The molecule has 0 amide bonds. The Balaban J connectivity index is 2.00. The maximum atomic E-state index is 9.71. The van der Waals surface area contributed by atoms with Crippen molar-refractivity contribution in [3.8, 4) is 0 Å². The number of benzene rings is 1. The van der Waals surface area contributed by atoms with E-state index in [1.54, 1.807) is 0 Å². The van der Waals surface area contributed by atoms with Gasteiger partial charge in [-0.25, -0.2) is 0 Å². The van der Waals surface area contributed by atoms with E-state index in [0.717, 1.165) is 22.9 Å². The Kier molecular flexibility index (Phi) is 5.10. The topological polar surface area (TPSA) is 59.2 Å². The van der Waals surface area contributed by atoms with Gasteiger partial charge in [0, 0.05) is 10.9 Å². The fourth-order valence-electron chi connectivity index (χ4n) is 1.89. The smallest absolute Gasteiger partial charge is 0.229 e. The van der Waals surface area contributed by atoms with Crippen molar-refractivity contribution in [2.24, 2.45) is 0 Å². The van der Waals surface area contributed by atoms with Crippen molar-refractivity contribution < 1.29 is 9.63 Å². The molecule has 2 rings (SSSR count). The van der Waals surface area contributed by atoms with E-state index in [9.17, 15) is 5.11 Å². The van der Waals surface area contributed by atoms with Crippen LogP contribution in [0.3, 0.4) is 0 Å². The summed E-state index contributed by atoms with van der Waals surface area (Å²) in [6.07, 6.45) is 2.34. The van der Waals surface area contributed by atoms with Crippen molar-refractivity contribution >= 4 is 15.9 Å². The molecule has 102 valence electrons. The molecule has 0 spiro atoms. The van der Waals surface area contributed by atoms with E-state index >= 15 is 0 Å². The van der Waals surface area contributed by atoms with Crippen LogP contribution in [-0.2, 0) is 12.8 Å². The van der Waals surface area contributed by atoms with Gasteiger partial charge in [0.1, 0.15) is 0 Å². The largest absolute Gasteiger partial charge is 0.393 e. The maximum absolute atomic E-state index is 9.71. The minimum absolute atomic E-state index is 0.401. The van der Waals surface area contributed by atoms with Gasteiger partial charge in [0.15, 0.2) is 5.82 Å². The molecule has 2 aromatic rings. The van der Waals surface area contributed by atoms with Crippen LogP contribution in [-0.4, -0.2) is 21.4 Å². The Morgan fingerprint density at radius 3 is 2.89 bits per heavy atom. The summed E-state index contributed by atoms with van der Waals surface area (Å²) in [7, 11) is 0. The Labute approximate surface area is 121 Å². The summed E-state index contributed by atoms with van der Waals surface area (Å²) >= 11 is 3.50. The molecule has 0 fully saturated rings. The summed E-state index contributed by atoms with van der Waals surface area (Å²) in [5.74, 6) is 1.15. The predicted octanol–water partition coefficient (Wildman–Crippen LogP) is 3.13. The lowest BCUT2D eigenvalue weighted by molar-refractivity contribution is 0.151. The summed E-state index contributed by atoms with van der Waals surface area (Å²) in [5, 5.41) is 13.7. The quantitative estimate of drug-likeness (QED) is 0.886. The van der Waals surface area contributed by atoms with E-state index in [1.165, 1.54) is 0 Å². The van der Waals surface area contributed by atoms with Crippen LogP contribution in [0.4, 0.5) is 0 Å². The molecule has 1 N–H and O–H groups in total. The number of aromatic nitrogens is 2. The fraction of sp³-hybridized carbons (Fsp3) is 0.429. The number of nitrogens with zero attached hydrogens (tertiary/aromatic N) is 2. The highest BCUT2D eigenvalue weighted by Gasteiger charge is 2.12. The van der Waals surface area contributed by atoms with Crippen molar-refractivity contribution in [2.45, 2.75) is 38.7 Å². The molecule has 0 saturated carbocycles. The van der Waals surface area contributed by atoms with E-state index < -0.39 is 6.10 Å². The summed E-state index contributed by atoms with van der Waals surface area (Å²) < 4.78 is 6.19. The average Bonchev–Trinajstić information content (AvgIpc) is 2.80. The van der Waals surface area contributed by atoms with Crippen molar-refractivity contribution in [2.75, 3.05) is 0 Å². The summed E-state index contributed by atoms with van der Waals surface area (Å²) in [6, 6.07) is 7.95. The highest BCUT2D eigenvalue weighted by Crippen LogP contribution is 2.18. The average molecular weight is 325 g/mol. The van der Waals surface area contributed by atoms with Crippen LogP contribution in [0.2, 0.25) is 0 Å². The molecular weight excluding hydrogens is 308 g/mol. The molecule has 0 aliphatic heterocycles. The van der Waals surface area contributed by atoms with Crippen LogP contribution in [0.1, 0.15) is 37.0 Å². The van der Waals surface area contributed by atoms with Gasteiger partial charge in [0.05, 0.1) is 12.5 Å². The van der Waals surface area contributed by atoms with Crippen LogP contribution < -0.4 is 0 Å². The van der Waals surface area contributed by atoms with Gasteiger partial charge in [-0.05, 0) is 18.1 Å². The van der Waals surface area contributed by atoms with Gasteiger partial charge < -0.3 is 9.63 Å². The monoisotopic (exact) mass is 324 g/mol. The Morgan fingerprint density at radius 2 is 2.16 bits per heavy atom. The number of hydrogen-bond acceptors (Lipinski definition) is 4. The number of aliphatic hydroxyl groups excluding tert-OH is 1. The van der Waals surface area contributed by atoms with E-state index in [0.29, 0.717) is 24.6 Å². The minimum Gasteiger partial charge on any atom is -0.393 e. The standard InChI is InChI=1S/C14H17BrN2O2/c1-2-5-11(18)9-14-16-13(17-19-14)8-10-6-3-4-7-12(10)15/h3-4,6-7,11,18H,2,5,8-9H2,1H3. The number of aliphatic hydroxyl groups is 1. The zero-order valence-corrected chi connectivity index (χ0v) is 12.4. The van der Waals surface area contributed by atoms with E-state index in [1.807, 2.05) is 31.2 Å². The van der Waals surface area contributed by atoms with Crippen molar-refractivity contribution in [3.63, 3.8) is 0 Å². The van der Waals surface area contributed by atoms with E-state index in [-0.39, 0.29) is 0 Å². The molecule has 4 nitrogen and oxygen atoms in total. The molecule has 1 atom stereocenters. The lowest BCUT2D eigenvalue weighted by Gasteiger charge is -2.04.